The molecule has 0 radical (unpaired) electrons. The number of nitrogens with zero attached hydrogens (tertiary/aromatic N) is 1. The molecule has 19 heavy (non-hydrogen) atoms. The number of alkyl halides is 3. The Balaban J connectivity index is 3.03. The lowest BCUT2D eigenvalue weighted by atomic mass is 9.92. The Morgan fingerprint density at radius 2 is 1.79 bits per heavy atom. The lowest BCUT2D eigenvalue weighted by Crippen LogP contribution is -2.45. The van der Waals surface area contributed by atoms with Gasteiger partial charge in [0.1, 0.15) is 5.75 Å². The van der Waals surface area contributed by atoms with Crippen molar-refractivity contribution in [2.45, 2.75) is 25.7 Å². The Morgan fingerprint density at radius 3 is 2.26 bits per heavy atom. The highest BCUT2D eigenvalue weighted by Gasteiger charge is 2.33. The van der Waals surface area contributed by atoms with E-state index >= 15 is 0 Å². The van der Waals surface area contributed by atoms with Crippen LogP contribution in [0.3, 0.4) is 0 Å². The second-order valence-electron chi connectivity index (χ2n) is 4.86. The Labute approximate surface area is 110 Å². The molecule has 0 aliphatic carbocycles. The van der Waals surface area contributed by atoms with E-state index in [1.54, 1.807) is 32.8 Å². The number of ketones is 1. The van der Waals surface area contributed by atoms with Gasteiger partial charge >= 0.3 is 6.36 Å². The van der Waals surface area contributed by atoms with Crippen molar-refractivity contribution in [3.05, 3.63) is 29.8 Å². The van der Waals surface area contributed by atoms with Crippen LogP contribution in [0.1, 0.15) is 24.2 Å². The molecule has 0 saturated heterocycles. The summed E-state index contributed by atoms with van der Waals surface area (Å²) in [6.45, 7) is 3.40. The summed E-state index contributed by atoms with van der Waals surface area (Å²) < 4.78 is 40.2. The van der Waals surface area contributed by atoms with Gasteiger partial charge in [-0.1, -0.05) is 12.1 Å². The van der Waals surface area contributed by atoms with Crippen LogP contribution in [0.2, 0.25) is 0 Å². The summed E-state index contributed by atoms with van der Waals surface area (Å²) in [7, 11) is 3.46. The predicted octanol–water partition coefficient (Wildman–Crippen LogP) is 3.11. The van der Waals surface area contributed by atoms with Crippen molar-refractivity contribution in [3.63, 3.8) is 0 Å². The largest absolute Gasteiger partial charge is 0.573 e. The number of carbonyl (C=O) groups is 1. The molecule has 106 valence electrons. The first kappa shape index (κ1) is 15.5. The molecule has 0 bridgehead atoms. The van der Waals surface area contributed by atoms with Crippen molar-refractivity contribution in [3.8, 4) is 5.75 Å². The first-order chi connectivity index (χ1) is 8.54. The van der Waals surface area contributed by atoms with Crippen molar-refractivity contribution < 1.29 is 22.7 Å². The van der Waals surface area contributed by atoms with Crippen molar-refractivity contribution in [1.82, 2.24) is 4.90 Å². The van der Waals surface area contributed by atoms with Crippen LogP contribution in [0.4, 0.5) is 13.2 Å². The molecule has 0 N–H and O–H groups in total. The maximum atomic E-state index is 12.2. The van der Waals surface area contributed by atoms with Crippen molar-refractivity contribution in [1.29, 1.82) is 0 Å². The van der Waals surface area contributed by atoms with E-state index in [2.05, 4.69) is 4.74 Å². The van der Waals surface area contributed by atoms with E-state index in [1.807, 2.05) is 0 Å². The van der Waals surface area contributed by atoms with E-state index in [4.69, 9.17) is 0 Å². The minimum Gasteiger partial charge on any atom is -0.406 e. The van der Waals surface area contributed by atoms with Crippen LogP contribution in [0.15, 0.2) is 24.3 Å². The van der Waals surface area contributed by atoms with Crippen molar-refractivity contribution >= 4 is 5.78 Å². The number of benzene rings is 1. The van der Waals surface area contributed by atoms with E-state index < -0.39 is 17.7 Å². The summed E-state index contributed by atoms with van der Waals surface area (Å²) in [6.07, 6.45) is -4.77. The van der Waals surface area contributed by atoms with Crippen LogP contribution in [-0.4, -0.2) is 36.7 Å². The molecule has 1 aromatic carbocycles. The molecule has 1 rings (SSSR count). The highest BCUT2D eigenvalue weighted by atomic mass is 19.4. The highest BCUT2D eigenvalue weighted by Crippen LogP contribution is 2.25. The van der Waals surface area contributed by atoms with Gasteiger partial charge in [0.15, 0.2) is 5.78 Å². The molecule has 0 aliphatic rings. The van der Waals surface area contributed by atoms with Crippen LogP contribution in [-0.2, 0) is 0 Å². The van der Waals surface area contributed by atoms with Crippen LogP contribution in [0, 0.1) is 0 Å². The van der Waals surface area contributed by atoms with E-state index in [-0.39, 0.29) is 11.3 Å². The second-order valence-corrected chi connectivity index (χ2v) is 4.86. The molecule has 0 heterocycles. The van der Waals surface area contributed by atoms with Gasteiger partial charge in [0.05, 0.1) is 5.54 Å². The first-order valence-corrected chi connectivity index (χ1v) is 5.62. The smallest absolute Gasteiger partial charge is 0.406 e. The fraction of sp³-hybridized carbons (Fsp3) is 0.462. The molecule has 0 spiro atoms. The SMILES string of the molecule is CN(C)C(C)(C)C(=O)c1cccc(OC(F)(F)F)c1. The van der Waals surface area contributed by atoms with Gasteiger partial charge < -0.3 is 4.74 Å². The zero-order valence-electron chi connectivity index (χ0n) is 11.2. The van der Waals surface area contributed by atoms with E-state index in [0.717, 1.165) is 12.1 Å². The average Bonchev–Trinajstić information content (AvgIpc) is 2.25. The zero-order valence-corrected chi connectivity index (χ0v) is 11.2. The monoisotopic (exact) mass is 275 g/mol. The number of hydrogen-bond donors (Lipinski definition) is 0. The van der Waals surface area contributed by atoms with Gasteiger partial charge in [0.2, 0.25) is 0 Å². The first-order valence-electron chi connectivity index (χ1n) is 5.62. The fourth-order valence-corrected chi connectivity index (χ4v) is 1.39. The van der Waals surface area contributed by atoms with Crippen LogP contribution in [0.25, 0.3) is 0 Å². The lowest BCUT2D eigenvalue weighted by molar-refractivity contribution is -0.274. The molecule has 0 unspecified atom stereocenters. The summed E-state index contributed by atoms with van der Waals surface area (Å²) in [4.78, 5) is 13.9. The van der Waals surface area contributed by atoms with E-state index in [0.29, 0.717) is 0 Å². The lowest BCUT2D eigenvalue weighted by Gasteiger charge is -2.31. The topological polar surface area (TPSA) is 29.5 Å². The van der Waals surface area contributed by atoms with Crippen LogP contribution >= 0.6 is 0 Å². The fourth-order valence-electron chi connectivity index (χ4n) is 1.39. The Kier molecular flexibility index (Phi) is 4.25. The van der Waals surface area contributed by atoms with Gasteiger partial charge in [-0.2, -0.15) is 0 Å². The third-order valence-corrected chi connectivity index (χ3v) is 3.00. The third-order valence-electron chi connectivity index (χ3n) is 3.00. The van der Waals surface area contributed by atoms with Crippen LogP contribution in [0.5, 0.6) is 5.75 Å². The highest BCUT2D eigenvalue weighted by molar-refractivity contribution is 6.02. The number of ether oxygens (including phenoxy) is 1. The quantitative estimate of drug-likeness (QED) is 0.791. The predicted molar refractivity (Wildman–Crippen MR) is 65.2 cm³/mol. The minimum atomic E-state index is -4.77. The molecule has 0 atom stereocenters. The molecule has 6 heteroatoms. The molecule has 0 amide bonds. The van der Waals surface area contributed by atoms with Gasteiger partial charge in [-0.25, -0.2) is 0 Å². The van der Waals surface area contributed by atoms with Crippen LogP contribution < -0.4 is 4.74 Å². The van der Waals surface area contributed by atoms with Gasteiger partial charge in [-0.05, 0) is 40.1 Å². The van der Waals surface area contributed by atoms with Gasteiger partial charge in [0, 0.05) is 5.56 Å². The molecule has 3 nitrogen and oxygen atoms in total. The van der Waals surface area contributed by atoms with Gasteiger partial charge in [-0.15, -0.1) is 13.2 Å². The molecule has 1 aromatic rings. The Hall–Kier alpha value is -1.56. The number of rotatable bonds is 4. The standard InChI is InChI=1S/C13H16F3NO2/c1-12(2,17(3)4)11(18)9-6-5-7-10(8-9)19-13(14,15)16/h5-8H,1-4H3. The molecule has 0 aliphatic heterocycles. The number of hydrogen-bond acceptors (Lipinski definition) is 3. The third kappa shape index (κ3) is 3.96. The zero-order chi connectivity index (χ0) is 14.8. The maximum Gasteiger partial charge on any atom is 0.573 e. The summed E-state index contributed by atoms with van der Waals surface area (Å²) in [5.74, 6) is -0.668. The Morgan fingerprint density at radius 1 is 1.21 bits per heavy atom. The second kappa shape index (κ2) is 5.21. The number of halogens is 3. The summed E-state index contributed by atoms with van der Waals surface area (Å²) >= 11 is 0. The van der Waals surface area contributed by atoms with Gasteiger partial charge in [-0.3, -0.25) is 9.69 Å². The molecule has 0 fully saturated rings. The maximum absolute atomic E-state index is 12.2. The molecule has 0 aromatic heterocycles. The number of carbonyl (C=O) groups excluding carboxylic acids is 1. The minimum absolute atomic E-state index is 0.181. The van der Waals surface area contributed by atoms with E-state index in [1.165, 1.54) is 12.1 Å². The molecule has 0 saturated carbocycles. The van der Waals surface area contributed by atoms with Gasteiger partial charge in [0.25, 0.3) is 0 Å². The molecular formula is C13H16F3NO2. The van der Waals surface area contributed by atoms with Crippen molar-refractivity contribution in [2.24, 2.45) is 0 Å². The average molecular weight is 275 g/mol. The van der Waals surface area contributed by atoms with Crippen molar-refractivity contribution in [2.75, 3.05) is 14.1 Å². The number of likely N-dealkylation sites (N-methyl/N-ethyl adjacent to an activating group) is 1. The number of Topliss-reactive ketones (excluding diaryl/α,β-unsaturated/α-hetero) is 1. The normalized spacial score (nSPS) is 12.6. The van der Waals surface area contributed by atoms with E-state index in [9.17, 15) is 18.0 Å². The summed E-state index contributed by atoms with van der Waals surface area (Å²) in [6, 6.07) is 5.09. The molecular weight excluding hydrogens is 259 g/mol. The summed E-state index contributed by atoms with van der Waals surface area (Å²) in [5, 5.41) is 0. The Bertz CT molecular complexity index is 467. The summed E-state index contributed by atoms with van der Waals surface area (Å²) in [5.41, 5.74) is -0.628.